The Hall–Kier alpha value is -1.62. The SMILES string of the molecule is CCC(=O)c1c[nH]c(C(=O)NC[C@@H]2CCCO2)c1. The number of nitrogens with one attached hydrogen (secondary N) is 2. The summed E-state index contributed by atoms with van der Waals surface area (Å²) in [6.07, 6.45) is 4.19. The summed E-state index contributed by atoms with van der Waals surface area (Å²) in [5.74, 6) is -0.162. The second kappa shape index (κ2) is 5.82. The van der Waals surface area contributed by atoms with E-state index < -0.39 is 0 Å². The van der Waals surface area contributed by atoms with Gasteiger partial charge in [-0.3, -0.25) is 9.59 Å². The summed E-state index contributed by atoms with van der Waals surface area (Å²) in [5.41, 5.74) is 0.976. The number of hydrogen-bond acceptors (Lipinski definition) is 3. The van der Waals surface area contributed by atoms with Crippen LogP contribution in [0, 0.1) is 0 Å². The smallest absolute Gasteiger partial charge is 0.267 e. The molecule has 0 spiro atoms. The van der Waals surface area contributed by atoms with E-state index in [4.69, 9.17) is 4.74 Å². The molecule has 1 aliphatic heterocycles. The Morgan fingerprint density at radius 3 is 3.06 bits per heavy atom. The first-order chi connectivity index (χ1) is 8.70. The Kier molecular flexibility index (Phi) is 4.15. The molecule has 2 N–H and O–H groups in total. The van der Waals surface area contributed by atoms with E-state index in [1.807, 2.05) is 0 Å². The summed E-state index contributed by atoms with van der Waals surface area (Å²) < 4.78 is 5.42. The molecule has 1 aliphatic rings. The molecule has 1 saturated heterocycles. The van der Waals surface area contributed by atoms with E-state index in [1.54, 1.807) is 19.2 Å². The van der Waals surface area contributed by atoms with Crippen LogP contribution in [0.15, 0.2) is 12.3 Å². The molecule has 2 heterocycles. The lowest BCUT2D eigenvalue weighted by molar-refractivity contribution is 0.0854. The van der Waals surface area contributed by atoms with Crippen LogP contribution in [0.3, 0.4) is 0 Å². The molecule has 1 atom stereocenters. The van der Waals surface area contributed by atoms with Gasteiger partial charge < -0.3 is 15.0 Å². The molecule has 0 bridgehead atoms. The maximum Gasteiger partial charge on any atom is 0.267 e. The molecule has 5 heteroatoms. The fraction of sp³-hybridized carbons (Fsp3) is 0.538. The molecular formula is C13H18N2O3. The molecule has 5 nitrogen and oxygen atoms in total. The summed E-state index contributed by atoms with van der Waals surface area (Å²) >= 11 is 0. The Morgan fingerprint density at radius 1 is 1.56 bits per heavy atom. The largest absolute Gasteiger partial charge is 0.376 e. The minimum Gasteiger partial charge on any atom is -0.376 e. The molecule has 0 saturated carbocycles. The van der Waals surface area contributed by atoms with Gasteiger partial charge in [0.2, 0.25) is 0 Å². The van der Waals surface area contributed by atoms with Gasteiger partial charge in [-0.15, -0.1) is 0 Å². The summed E-state index contributed by atoms with van der Waals surface area (Å²) in [4.78, 5) is 26.1. The van der Waals surface area contributed by atoms with Crippen molar-refractivity contribution in [1.29, 1.82) is 0 Å². The molecule has 1 aromatic heterocycles. The number of aromatic nitrogens is 1. The van der Waals surface area contributed by atoms with Crippen LogP contribution in [0.25, 0.3) is 0 Å². The minimum absolute atomic E-state index is 0.0319. The van der Waals surface area contributed by atoms with Crippen molar-refractivity contribution in [1.82, 2.24) is 10.3 Å². The zero-order chi connectivity index (χ0) is 13.0. The maximum absolute atomic E-state index is 11.8. The van der Waals surface area contributed by atoms with E-state index in [2.05, 4.69) is 10.3 Å². The lowest BCUT2D eigenvalue weighted by Gasteiger charge is -2.09. The van der Waals surface area contributed by atoms with Crippen LogP contribution in [0.1, 0.15) is 47.0 Å². The Labute approximate surface area is 106 Å². The van der Waals surface area contributed by atoms with Gasteiger partial charge in [0.15, 0.2) is 5.78 Å². The third-order valence-electron chi connectivity index (χ3n) is 3.09. The van der Waals surface area contributed by atoms with Crippen LogP contribution in [-0.4, -0.2) is 35.9 Å². The van der Waals surface area contributed by atoms with Crippen molar-refractivity contribution in [2.75, 3.05) is 13.2 Å². The van der Waals surface area contributed by atoms with Crippen LogP contribution in [-0.2, 0) is 4.74 Å². The second-order valence-corrected chi connectivity index (χ2v) is 4.42. The molecule has 0 unspecified atom stereocenters. The lowest BCUT2D eigenvalue weighted by atomic mass is 10.2. The number of ketones is 1. The number of hydrogen-bond donors (Lipinski definition) is 2. The van der Waals surface area contributed by atoms with Gasteiger partial charge in [0.25, 0.3) is 5.91 Å². The van der Waals surface area contributed by atoms with Gasteiger partial charge in [0.05, 0.1) is 6.10 Å². The predicted octanol–water partition coefficient (Wildman–Crippen LogP) is 1.52. The van der Waals surface area contributed by atoms with Crippen molar-refractivity contribution in [3.8, 4) is 0 Å². The lowest BCUT2D eigenvalue weighted by Crippen LogP contribution is -2.31. The number of carbonyl (C=O) groups excluding carboxylic acids is 2. The van der Waals surface area contributed by atoms with Crippen LogP contribution in [0.4, 0.5) is 0 Å². The third-order valence-corrected chi connectivity index (χ3v) is 3.09. The summed E-state index contributed by atoms with van der Waals surface area (Å²) in [7, 11) is 0. The fourth-order valence-corrected chi connectivity index (χ4v) is 2.00. The highest BCUT2D eigenvalue weighted by atomic mass is 16.5. The summed E-state index contributed by atoms with van der Waals surface area (Å²) in [5, 5.41) is 2.80. The highest BCUT2D eigenvalue weighted by molar-refractivity contribution is 6.00. The predicted molar refractivity (Wildman–Crippen MR) is 66.7 cm³/mol. The Bertz CT molecular complexity index is 433. The van der Waals surface area contributed by atoms with Crippen LogP contribution in [0.2, 0.25) is 0 Å². The zero-order valence-electron chi connectivity index (χ0n) is 10.5. The molecular weight excluding hydrogens is 232 g/mol. The molecule has 1 aromatic rings. The molecule has 98 valence electrons. The summed E-state index contributed by atoms with van der Waals surface area (Å²) in [6.45, 7) is 3.10. The number of ether oxygens (including phenoxy) is 1. The molecule has 0 aromatic carbocycles. The summed E-state index contributed by atoms with van der Waals surface area (Å²) in [6, 6.07) is 1.59. The van der Waals surface area contributed by atoms with E-state index in [1.165, 1.54) is 0 Å². The van der Waals surface area contributed by atoms with Crippen molar-refractivity contribution in [3.05, 3.63) is 23.5 Å². The first-order valence-corrected chi connectivity index (χ1v) is 6.32. The normalized spacial score (nSPS) is 18.8. The van der Waals surface area contributed by atoms with Crippen molar-refractivity contribution < 1.29 is 14.3 Å². The minimum atomic E-state index is -0.194. The van der Waals surface area contributed by atoms with Crippen molar-refractivity contribution in [2.24, 2.45) is 0 Å². The number of rotatable bonds is 5. The molecule has 0 radical (unpaired) electrons. The highest BCUT2D eigenvalue weighted by Gasteiger charge is 2.17. The van der Waals surface area contributed by atoms with E-state index in [0.717, 1.165) is 19.4 Å². The van der Waals surface area contributed by atoms with Crippen molar-refractivity contribution in [2.45, 2.75) is 32.3 Å². The highest BCUT2D eigenvalue weighted by Crippen LogP contribution is 2.11. The van der Waals surface area contributed by atoms with E-state index in [-0.39, 0.29) is 17.8 Å². The standard InChI is InChI=1S/C13H18N2O3/c1-2-12(16)9-6-11(14-7-9)13(17)15-8-10-4-3-5-18-10/h6-7,10,14H,2-5,8H2,1H3,(H,15,17)/t10-/m0/s1. The van der Waals surface area contributed by atoms with E-state index in [9.17, 15) is 9.59 Å². The molecule has 1 amide bonds. The number of Topliss-reactive ketones (excluding diaryl/α,β-unsaturated/α-hetero) is 1. The van der Waals surface area contributed by atoms with Crippen LogP contribution in [0.5, 0.6) is 0 Å². The van der Waals surface area contributed by atoms with Gasteiger partial charge in [-0.25, -0.2) is 0 Å². The Morgan fingerprint density at radius 2 is 2.39 bits per heavy atom. The molecule has 2 rings (SSSR count). The quantitative estimate of drug-likeness (QED) is 0.778. The van der Waals surface area contributed by atoms with Gasteiger partial charge in [0.1, 0.15) is 5.69 Å². The zero-order valence-corrected chi connectivity index (χ0v) is 10.5. The number of amides is 1. The van der Waals surface area contributed by atoms with E-state index in [0.29, 0.717) is 24.2 Å². The fourth-order valence-electron chi connectivity index (χ4n) is 2.00. The van der Waals surface area contributed by atoms with Crippen molar-refractivity contribution in [3.63, 3.8) is 0 Å². The monoisotopic (exact) mass is 250 g/mol. The average molecular weight is 250 g/mol. The first-order valence-electron chi connectivity index (χ1n) is 6.32. The van der Waals surface area contributed by atoms with Gasteiger partial charge in [-0.05, 0) is 18.9 Å². The van der Waals surface area contributed by atoms with Gasteiger partial charge in [0, 0.05) is 31.3 Å². The number of aromatic amines is 1. The van der Waals surface area contributed by atoms with Crippen LogP contribution < -0.4 is 5.32 Å². The molecule has 18 heavy (non-hydrogen) atoms. The topological polar surface area (TPSA) is 71.2 Å². The Balaban J connectivity index is 1.88. The van der Waals surface area contributed by atoms with Crippen LogP contribution >= 0.6 is 0 Å². The second-order valence-electron chi connectivity index (χ2n) is 4.42. The average Bonchev–Trinajstić information content (AvgIpc) is 3.05. The maximum atomic E-state index is 11.8. The first kappa shape index (κ1) is 12.8. The molecule has 0 aliphatic carbocycles. The number of H-pyrrole nitrogens is 1. The molecule has 1 fully saturated rings. The van der Waals surface area contributed by atoms with E-state index >= 15 is 0 Å². The van der Waals surface area contributed by atoms with Crippen molar-refractivity contribution >= 4 is 11.7 Å². The third kappa shape index (κ3) is 2.98. The van der Waals surface area contributed by atoms with Gasteiger partial charge in [-0.1, -0.05) is 6.92 Å². The van der Waals surface area contributed by atoms with Gasteiger partial charge >= 0.3 is 0 Å². The number of carbonyl (C=O) groups is 2. The van der Waals surface area contributed by atoms with Gasteiger partial charge in [-0.2, -0.15) is 0 Å².